The predicted molar refractivity (Wildman–Crippen MR) is 90.5 cm³/mol. The third-order valence-electron chi connectivity index (χ3n) is 3.56. The van der Waals surface area contributed by atoms with Gasteiger partial charge in [-0.15, -0.1) is 0 Å². The Bertz CT molecular complexity index is 755. The van der Waals surface area contributed by atoms with E-state index in [-0.39, 0.29) is 17.1 Å². The Morgan fingerprint density at radius 1 is 1.26 bits per heavy atom. The lowest BCUT2D eigenvalue weighted by Gasteiger charge is -2.17. The second-order valence-electron chi connectivity index (χ2n) is 6.20. The van der Waals surface area contributed by atoms with E-state index in [1.807, 2.05) is 12.1 Å². The highest BCUT2D eigenvalue weighted by molar-refractivity contribution is 6.88. The third kappa shape index (κ3) is 3.19. The van der Waals surface area contributed by atoms with Gasteiger partial charge in [0.15, 0.2) is 17.3 Å². The van der Waals surface area contributed by atoms with E-state index in [4.69, 9.17) is 10.5 Å². The molecule has 7 heteroatoms. The van der Waals surface area contributed by atoms with Gasteiger partial charge in [-0.2, -0.15) is 0 Å². The molecule has 5 nitrogen and oxygen atoms in total. The van der Waals surface area contributed by atoms with E-state index >= 15 is 0 Å². The smallest absolute Gasteiger partial charge is 0.358 e. The zero-order valence-corrected chi connectivity index (χ0v) is 14.5. The average Bonchev–Trinajstić information content (AvgIpc) is 2.48. The normalized spacial score (nSPS) is 11.3. The van der Waals surface area contributed by atoms with Crippen molar-refractivity contribution in [1.29, 1.82) is 0 Å². The number of nitrogen functional groups attached to an aromatic ring is 1. The maximum Gasteiger partial charge on any atom is 0.358 e. The number of nitrogens with zero attached hydrogens (tertiary/aromatic N) is 1. The van der Waals surface area contributed by atoms with E-state index in [2.05, 4.69) is 24.6 Å². The molecule has 0 unspecified atom stereocenters. The number of halogens is 1. The highest BCUT2D eigenvalue weighted by Gasteiger charge is 2.24. The van der Waals surface area contributed by atoms with E-state index in [0.29, 0.717) is 5.56 Å². The van der Waals surface area contributed by atoms with Gasteiger partial charge in [0.2, 0.25) is 0 Å². The third-order valence-corrected chi connectivity index (χ3v) is 5.62. The zero-order chi connectivity index (χ0) is 17.4. The van der Waals surface area contributed by atoms with Crippen LogP contribution in [0, 0.1) is 5.82 Å². The van der Waals surface area contributed by atoms with Crippen molar-refractivity contribution in [3.63, 3.8) is 0 Å². The Labute approximate surface area is 134 Å². The monoisotopic (exact) mass is 334 g/mol. The van der Waals surface area contributed by atoms with E-state index in [1.54, 1.807) is 12.1 Å². The summed E-state index contributed by atoms with van der Waals surface area (Å²) in [6.07, 6.45) is 0. The molecular formula is C16H19FN2O3Si. The minimum atomic E-state index is -1.48. The molecule has 0 atom stereocenters. The van der Waals surface area contributed by atoms with Gasteiger partial charge in [0, 0.05) is 5.56 Å². The molecule has 23 heavy (non-hydrogen) atoms. The molecule has 0 aliphatic carbocycles. The van der Waals surface area contributed by atoms with Crippen molar-refractivity contribution in [2.45, 2.75) is 19.6 Å². The van der Waals surface area contributed by atoms with Crippen LogP contribution in [0.25, 0.3) is 11.3 Å². The molecule has 0 amide bonds. The first-order valence-electron chi connectivity index (χ1n) is 7.04. The van der Waals surface area contributed by atoms with Crippen LogP contribution in [0.4, 0.5) is 10.1 Å². The highest BCUT2D eigenvalue weighted by Crippen LogP contribution is 2.33. The van der Waals surface area contributed by atoms with Gasteiger partial charge in [-0.1, -0.05) is 49.1 Å². The summed E-state index contributed by atoms with van der Waals surface area (Å²) >= 11 is 0. The van der Waals surface area contributed by atoms with Gasteiger partial charge in [0.1, 0.15) is 11.4 Å². The number of carboxylic acid groups (broad SMARTS) is 1. The number of carboxylic acids is 1. The van der Waals surface area contributed by atoms with Crippen molar-refractivity contribution in [1.82, 2.24) is 4.98 Å². The standard InChI is InChI=1S/C16H19FN2O3Si/c1-22-15-12(18)11(17)13(19-14(15)16(20)21)9-5-7-10(8-6-9)23(2,3)4/h5-8H,1-4H3,(H2,18,19)(H,20,21). The van der Waals surface area contributed by atoms with Gasteiger partial charge in [-0.25, -0.2) is 14.2 Å². The topological polar surface area (TPSA) is 85.4 Å². The van der Waals surface area contributed by atoms with Crippen LogP contribution in [0.1, 0.15) is 10.5 Å². The molecule has 2 aromatic rings. The molecule has 0 saturated carbocycles. The van der Waals surface area contributed by atoms with Crippen molar-refractivity contribution in [3.05, 3.63) is 35.8 Å². The molecule has 0 aliphatic rings. The number of carbonyl (C=O) groups is 1. The van der Waals surface area contributed by atoms with Crippen molar-refractivity contribution < 1.29 is 19.0 Å². The molecule has 3 N–H and O–H groups in total. The van der Waals surface area contributed by atoms with Crippen LogP contribution < -0.4 is 15.7 Å². The summed E-state index contributed by atoms with van der Waals surface area (Å²) in [7, 11) is -0.254. The number of pyridine rings is 1. The number of hydrogen-bond acceptors (Lipinski definition) is 4. The molecule has 0 spiro atoms. The van der Waals surface area contributed by atoms with Crippen LogP contribution in [-0.4, -0.2) is 31.2 Å². The molecule has 0 saturated heterocycles. The van der Waals surface area contributed by atoms with E-state index in [9.17, 15) is 14.3 Å². The van der Waals surface area contributed by atoms with Gasteiger partial charge in [-0.3, -0.25) is 0 Å². The Hall–Kier alpha value is -2.41. The second-order valence-corrected chi connectivity index (χ2v) is 11.3. The van der Waals surface area contributed by atoms with Crippen LogP contribution in [0.5, 0.6) is 5.75 Å². The van der Waals surface area contributed by atoms with Crippen LogP contribution >= 0.6 is 0 Å². The van der Waals surface area contributed by atoms with Crippen molar-refractivity contribution in [3.8, 4) is 17.0 Å². The summed E-state index contributed by atoms with van der Waals surface area (Å²) in [5, 5.41) is 10.4. The fourth-order valence-electron chi connectivity index (χ4n) is 2.24. The van der Waals surface area contributed by atoms with Crippen LogP contribution in [0.2, 0.25) is 19.6 Å². The number of aromatic carboxylic acids is 1. The molecule has 0 fully saturated rings. The Kier molecular flexibility index (Phi) is 4.42. The number of aromatic nitrogens is 1. The average molecular weight is 334 g/mol. The number of methoxy groups -OCH3 is 1. The quantitative estimate of drug-likeness (QED) is 0.840. The molecule has 0 bridgehead atoms. The number of rotatable bonds is 4. The molecule has 2 rings (SSSR count). The minimum Gasteiger partial charge on any atom is -0.492 e. The van der Waals surface area contributed by atoms with Gasteiger partial charge < -0.3 is 15.6 Å². The van der Waals surface area contributed by atoms with E-state index in [1.165, 1.54) is 12.3 Å². The predicted octanol–water partition coefficient (Wildman–Crippen LogP) is 2.72. The first-order valence-corrected chi connectivity index (χ1v) is 10.5. The van der Waals surface area contributed by atoms with Crippen LogP contribution in [0.3, 0.4) is 0 Å². The van der Waals surface area contributed by atoms with Gasteiger partial charge in [-0.05, 0) is 0 Å². The van der Waals surface area contributed by atoms with Crippen LogP contribution in [-0.2, 0) is 0 Å². The molecule has 0 radical (unpaired) electrons. The minimum absolute atomic E-state index is 0.0946. The number of anilines is 1. The van der Waals surface area contributed by atoms with E-state index < -0.39 is 25.6 Å². The first kappa shape index (κ1) is 16.9. The number of hydrogen-bond donors (Lipinski definition) is 2. The van der Waals surface area contributed by atoms with Crippen LogP contribution in [0.15, 0.2) is 24.3 Å². The lowest BCUT2D eigenvalue weighted by atomic mass is 10.1. The number of ether oxygens (including phenoxy) is 1. The lowest BCUT2D eigenvalue weighted by Crippen LogP contribution is -2.37. The van der Waals surface area contributed by atoms with Gasteiger partial charge >= 0.3 is 5.97 Å². The molecule has 1 aromatic heterocycles. The largest absolute Gasteiger partial charge is 0.492 e. The summed E-state index contributed by atoms with van der Waals surface area (Å²) in [6.45, 7) is 6.61. The second kappa shape index (κ2) is 6.00. The fourth-order valence-corrected chi connectivity index (χ4v) is 3.40. The fraction of sp³-hybridized carbons (Fsp3) is 0.250. The molecule has 1 heterocycles. The molecular weight excluding hydrogens is 315 g/mol. The Morgan fingerprint density at radius 3 is 2.26 bits per heavy atom. The maximum atomic E-state index is 14.5. The Morgan fingerprint density at radius 2 is 1.83 bits per heavy atom. The summed E-state index contributed by atoms with van der Waals surface area (Å²) in [6, 6.07) is 7.31. The van der Waals surface area contributed by atoms with Crippen molar-refractivity contribution in [2.24, 2.45) is 0 Å². The zero-order valence-electron chi connectivity index (χ0n) is 13.5. The number of nitrogens with two attached hydrogens (primary N) is 1. The van der Waals surface area contributed by atoms with Crippen molar-refractivity contribution in [2.75, 3.05) is 12.8 Å². The molecule has 122 valence electrons. The summed E-state index contributed by atoms with van der Waals surface area (Å²) in [5.74, 6) is -2.38. The van der Waals surface area contributed by atoms with E-state index in [0.717, 1.165) is 0 Å². The highest BCUT2D eigenvalue weighted by atomic mass is 28.3. The summed E-state index contributed by atoms with van der Waals surface area (Å²) in [5.41, 5.74) is 5.29. The maximum absolute atomic E-state index is 14.5. The van der Waals surface area contributed by atoms with Crippen molar-refractivity contribution >= 4 is 24.9 Å². The van der Waals surface area contributed by atoms with Gasteiger partial charge in [0.25, 0.3) is 0 Å². The molecule has 1 aromatic carbocycles. The Balaban J connectivity index is 2.62. The number of benzene rings is 1. The first-order chi connectivity index (χ1) is 10.7. The SMILES string of the molecule is COc1c(C(=O)O)nc(-c2ccc([Si](C)(C)C)cc2)c(F)c1N. The lowest BCUT2D eigenvalue weighted by molar-refractivity contribution is 0.0686. The summed E-state index contributed by atoms with van der Waals surface area (Å²) < 4.78 is 19.3. The van der Waals surface area contributed by atoms with Gasteiger partial charge in [0.05, 0.1) is 15.2 Å². The summed E-state index contributed by atoms with van der Waals surface area (Å²) in [4.78, 5) is 15.2. The molecule has 0 aliphatic heterocycles.